The summed E-state index contributed by atoms with van der Waals surface area (Å²) in [4.78, 5) is 14.7. The van der Waals surface area contributed by atoms with Gasteiger partial charge in [-0.15, -0.1) is 10.2 Å². The molecular weight excluding hydrogens is 318 g/mol. The zero-order valence-electron chi connectivity index (χ0n) is 14.0. The summed E-state index contributed by atoms with van der Waals surface area (Å²) < 4.78 is 7.45. The molecule has 0 aliphatic carbocycles. The smallest absolute Gasteiger partial charge is 0.318 e. The van der Waals surface area contributed by atoms with Gasteiger partial charge in [-0.2, -0.15) is 0 Å². The average Bonchev–Trinajstić information content (AvgIpc) is 3.24. The Kier molecular flexibility index (Phi) is 4.37. The molecule has 0 bridgehead atoms. The first-order valence-corrected chi connectivity index (χ1v) is 8.69. The summed E-state index contributed by atoms with van der Waals surface area (Å²) in [5.74, 6) is 1.57. The minimum absolute atomic E-state index is 0.00681. The molecule has 1 atom stereocenters. The average molecular weight is 339 g/mol. The van der Waals surface area contributed by atoms with Crippen molar-refractivity contribution in [3.63, 3.8) is 0 Å². The largest absolute Gasteiger partial charge is 0.467 e. The van der Waals surface area contributed by atoms with Crippen molar-refractivity contribution in [2.45, 2.75) is 38.3 Å². The van der Waals surface area contributed by atoms with Crippen LogP contribution in [0.15, 0.2) is 47.2 Å². The lowest BCUT2D eigenvalue weighted by atomic mass is 10.1. The Bertz CT molecular complexity index is 842. The number of furan rings is 1. The van der Waals surface area contributed by atoms with Crippen molar-refractivity contribution in [3.05, 3.63) is 54.4 Å². The molecule has 1 N–H and O–H groups in total. The number of carbonyl (C=O) groups excluding carboxylic acids is 1. The number of aromatic nitrogens is 3. The number of amides is 2. The Balaban J connectivity index is 1.48. The Hall–Kier alpha value is -2.83. The molecule has 130 valence electrons. The first kappa shape index (κ1) is 15.7. The highest BCUT2D eigenvalue weighted by atomic mass is 16.3. The van der Waals surface area contributed by atoms with E-state index in [2.05, 4.69) is 15.5 Å². The molecule has 1 saturated heterocycles. The van der Waals surface area contributed by atoms with E-state index in [-0.39, 0.29) is 12.1 Å². The molecule has 7 nitrogen and oxygen atoms in total. The minimum Gasteiger partial charge on any atom is -0.467 e. The second-order valence-electron chi connectivity index (χ2n) is 6.28. The minimum atomic E-state index is -0.0871. The van der Waals surface area contributed by atoms with E-state index >= 15 is 0 Å². The van der Waals surface area contributed by atoms with Crippen LogP contribution in [0.25, 0.3) is 5.65 Å². The van der Waals surface area contributed by atoms with Crippen molar-refractivity contribution in [2.75, 3.05) is 6.54 Å². The number of carbonyl (C=O) groups is 1. The van der Waals surface area contributed by atoms with Crippen molar-refractivity contribution >= 4 is 11.7 Å². The summed E-state index contributed by atoms with van der Waals surface area (Å²) in [5.41, 5.74) is 0.773. The lowest BCUT2D eigenvalue weighted by Gasteiger charge is -2.28. The molecule has 1 aliphatic heterocycles. The van der Waals surface area contributed by atoms with Crippen LogP contribution >= 0.6 is 0 Å². The van der Waals surface area contributed by atoms with Crippen LogP contribution in [0.3, 0.4) is 0 Å². The number of hydrogen-bond acceptors (Lipinski definition) is 4. The van der Waals surface area contributed by atoms with Gasteiger partial charge in [0.25, 0.3) is 0 Å². The summed E-state index contributed by atoms with van der Waals surface area (Å²) >= 11 is 0. The van der Waals surface area contributed by atoms with Gasteiger partial charge in [0.2, 0.25) is 0 Å². The van der Waals surface area contributed by atoms with Gasteiger partial charge in [0.1, 0.15) is 5.76 Å². The van der Waals surface area contributed by atoms with Crippen molar-refractivity contribution in [2.24, 2.45) is 0 Å². The summed E-state index contributed by atoms with van der Waals surface area (Å²) in [7, 11) is 0. The molecule has 25 heavy (non-hydrogen) atoms. The molecule has 0 radical (unpaired) electrons. The second kappa shape index (κ2) is 6.96. The lowest BCUT2D eigenvalue weighted by molar-refractivity contribution is 0.165. The van der Waals surface area contributed by atoms with Crippen LogP contribution in [0.4, 0.5) is 4.79 Å². The highest BCUT2D eigenvalue weighted by Crippen LogP contribution is 2.30. The SMILES string of the molecule is O=C(NCc1nnc2ccccn12)N1CCCCC[C@@H]1c1ccco1. The van der Waals surface area contributed by atoms with Gasteiger partial charge in [-0.1, -0.05) is 18.9 Å². The van der Waals surface area contributed by atoms with E-state index in [1.807, 2.05) is 45.8 Å². The number of rotatable bonds is 3. The summed E-state index contributed by atoms with van der Waals surface area (Å²) in [6.45, 7) is 1.07. The number of hydrogen-bond donors (Lipinski definition) is 1. The standard InChI is InChI=1S/C18H21N5O2/c24-18(19-13-17-21-20-16-9-3-5-11-23(16)17)22-10-4-1-2-7-14(22)15-8-6-12-25-15/h3,5-6,8-9,11-12,14H,1-2,4,7,10,13H2,(H,19,24)/t14-/m1/s1. The van der Waals surface area contributed by atoms with Gasteiger partial charge >= 0.3 is 6.03 Å². The highest BCUT2D eigenvalue weighted by Gasteiger charge is 2.28. The Morgan fingerprint density at radius 3 is 3.04 bits per heavy atom. The Morgan fingerprint density at radius 1 is 1.20 bits per heavy atom. The zero-order valence-corrected chi connectivity index (χ0v) is 14.0. The molecule has 3 aromatic rings. The predicted octanol–water partition coefficient (Wildman–Crippen LogP) is 3.15. The third-order valence-corrected chi connectivity index (χ3v) is 4.67. The van der Waals surface area contributed by atoms with Crippen molar-refractivity contribution in [1.82, 2.24) is 24.8 Å². The monoisotopic (exact) mass is 339 g/mol. The maximum Gasteiger partial charge on any atom is 0.318 e. The zero-order chi connectivity index (χ0) is 17.1. The van der Waals surface area contributed by atoms with Crippen molar-refractivity contribution < 1.29 is 9.21 Å². The van der Waals surface area contributed by atoms with Gasteiger partial charge in [-0.3, -0.25) is 4.40 Å². The molecule has 1 fully saturated rings. The van der Waals surface area contributed by atoms with Crippen LogP contribution in [-0.2, 0) is 6.54 Å². The molecule has 0 unspecified atom stereocenters. The van der Waals surface area contributed by atoms with Gasteiger partial charge in [0.15, 0.2) is 11.5 Å². The van der Waals surface area contributed by atoms with Crippen LogP contribution < -0.4 is 5.32 Å². The summed E-state index contributed by atoms with van der Waals surface area (Å²) in [6.07, 6.45) is 7.74. The summed E-state index contributed by atoms with van der Waals surface area (Å²) in [6, 6.07) is 9.45. The number of fused-ring (bicyclic) bond motifs is 1. The Labute approximate surface area is 145 Å². The number of nitrogens with zero attached hydrogens (tertiary/aromatic N) is 4. The molecule has 0 spiro atoms. The number of nitrogens with one attached hydrogen (secondary N) is 1. The third kappa shape index (κ3) is 3.22. The maximum atomic E-state index is 12.8. The molecule has 2 amide bonds. The van der Waals surface area contributed by atoms with Gasteiger partial charge < -0.3 is 14.6 Å². The van der Waals surface area contributed by atoms with E-state index in [0.717, 1.165) is 43.6 Å². The van der Waals surface area contributed by atoms with Gasteiger partial charge in [-0.05, 0) is 37.1 Å². The van der Waals surface area contributed by atoms with Gasteiger partial charge in [-0.25, -0.2) is 4.79 Å². The van der Waals surface area contributed by atoms with Crippen LogP contribution in [0.1, 0.15) is 43.3 Å². The fourth-order valence-electron chi connectivity index (χ4n) is 3.40. The van der Waals surface area contributed by atoms with Crippen LogP contribution in [0.5, 0.6) is 0 Å². The second-order valence-corrected chi connectivity index (χ2v) is 6.28. The van der Waals surface area contributed by atoms with E-state index < -0.39 is 0 Å². The number of urea groups is 1. The van der Waals surface area contributed by atoms with E-state index in [4.69, 9.17) is 4.42 Å². The van der Waals surface area contributed by atoms with E-state index in [0.29, 0.717) is 12.4 Å². The van der Waals surface area contributed by atoms with Crippen LogP contribution in [0.2, 0.25) is 0 Å². The molecule has 0 aromatic carbocycles. The molecule has 7 heteroatoms. The molecule has 3 aromatic heterocycles. The molecule has 4 heterocycles. The van der Waals surface area contributed by atoms with Crippen molar-refractivity contribution in [1.29, 1.82) is 0 Å². The van der Waals surface area contributed by atoms with E-state index in [1.54, 1.807) is 6.26 Å². The molecule has 4 rings (SSSR count). The summed E-state index contributed by atoms with van der Waals surface area (Å²) in [5, 5.41) is 11.3. The number of pyridine rings is 1. The molecule has 1 aliphatic rings. The van der Waals surface area contributed by atoms with E-state index in [9.17, 15) is 4.79 Å². The highest BCUT2D eigenvalue weighted by molar-refractivity contribution is 5.74. The van der Waals surface area contributed by atoms with Crippen molar-refractivity contribution in [3.8, 4) is 0 Å². The van der Waals surface area contributed by atoms with Gasteiger partial charge in [0, 0.05) is 12.7 Å². The topological polar surface area (TPSA) is 75.7 Å². The fourth-order valence-corrected chi connectivity index (χ4v) is 3.40. The number of likely N-dealkylation sites (tertiary alicyclic amines) is 1. The maximum absolute atomic E-state index is 12.8. The third-order valence-electron chi connectivity index (χ3n) is 4.67. The van der Waals surface area contributed by atoms with Crippen LogP contribution in [-0.4, -0.2) is 32.1 Å². The lowest BCUT2D eigenvalue weighted by Crippen LogP contribution is -2.42. The molecule has 0 saturated carbocycles. The first-order valence-electron chi connectivity index (χ1n) is 8.69. The fraction of sp³-hybridized carbons (Fsp3) is 0.389. The first-order chi connectivity index (χ1) is 12.3. The van der Waals surface area contributed by atoms with Crippen LogP contribution in [0, 0.1) is 0 Å². The Morgan fingerprint density at radius 2 is 2.16 bits per heavy atom. The quantitative estimate of drug-likeness (QED) is 0.795. The molecular formula is C18H21N5O2. The van der Waals surface area contributed by atoms with E-state index in [1.165, 1.54) is 0 Å². The van der Waals surface area contributed by atoms with Gasteiger partial charge in [0.05, 0.1) is 18.8 Å². The predicted molar refractivity (Wildman–Crippen MR) is 91.8 cm³/mol. The normalized spacial score (nSPS) is 18.2.